The Balaban J connectivity index is 2.18. The topological polar surface area (TPSA) is 32.3 Å². The van der Waals surface area contributed by atoms with Gasteiger partial charge in [-0.15, -0.1) is 0 Å². The summed E-state index contributed by atoms with van der Waals surface area (Å²) in [5.41, 5.74) is 0.501. The molecule has 0 radical (unpaired) electrons. The lowest BCUT2D eigenvalue weighted by atomic mass is 10.1. The lowest BCUT2D eigenvalue weighted by Crippen LogP contribution is -2.38. The van der Waals surface area contributed by atoms with E-state index in [2.05, 4.69) is 21.2 Å². The molecule has 0 spiro atoms. The highest BCUT2D eigenvalue weighted by molar-refractivity contribution is 9.10. The standard InChI is InChI=1S/C12H14BrFN2O/c1-16(9-4-5-15-7-9)12(17)10-3-2-8(14)6-11(10)13/h2-3,6,9,15H,4-5,7H2,1H3. The number of likely N-dealkylation sites (N-methyl/N-ethyl adjacent to an activating group) is 1. The Hall–Kier alpha value is -0.940. The van der Waals surface area contributed by atoms with E-state index < -0.39 is 0 Å². The Morgan fingerprint density at radius 3 is 2.94 bits per heavy atom. The van der Waals surface area contributed by atoms with E-state index in [1.165, 1.54) is 18.2 Å². The van der Waals surface area contributed by atoms with Crippen LogP contribution in [0.4, 0.5) is 4.39 Å². The molecule has 0 bridgehead atoms. The lowest BCUT2D eigenvalue weighted by Gasteiger charge is -2.24. The van der Waals surface area contributed by atoms with Gasteiger partial charge in [-0.2, -0.15) is 0 Å². The number of hydrogen-bond acceptors (Lipinski definition) is 2. The van der Waals surface area contributed by atoms with Gasteiger partial charge in [-0.25, -0.2) is 4.39 Å². The van der Waals surface area contributed by atoms with E-state index in [9.17, 15) is 9.18 Å². The largest absolute Gasteiger partial charge is 0.337 e. The zero-order chi connectivity index (χ0) is 12.4. The molecule has 5 heteroatoms. The molecule has 1 saturated heterocycles. The van der Waals surface area contributed by atoms with E-state index in [0.717, 1.165) is 19.5 Å². The van der Waals surface area contributed by atoms with Gasteiger partial charge in [0.2, 0.25) is 0 Å². The highest BCUT2D eigenvalue weighted by Crippen LogP contribution is 2.21. The number of nitrogens with zero attached hydrogens (tertiary/aromatic N) is 1. The van der Waals surface area contributed by atoms with Crippen LogP contribution in [-0.2, 0) is 0 Å². The zero-order valence-corrected chi connectivity index (χ0v) is 11.1. The molecule has 1 aliphatic rings. The SMILES string of the molecule is CN(C(=O)c1ccc(F)cc1Br)C1CCNC1. The highest BCUT2D eigenvalue weighted by atomic mass is 79.9. The van der Waals surface area contributed by atoms with Crippen LogP contribution in [0.3, 0.4) is 0 Å². The molecule has 1 aromatic rings. The molecule has 92 valence electrons. The van der Waals surface area contributed by atoms with Crippen molar-refractivity contribution in [1.82, 2.24) is 10.2 Å². The van der Waals surface area contributed by atoms with Crippen LogP contribution in [0.25, 0.3) is 0 Å². The van der Waals surface area contributed by atoms with Gasteiger partial charge in [0.1, 0.15) is 5.82 Å². The summed E-state index contributed by atoms with van der Waals surface area (Å²) in [5.74, 6) is -0.427. The number of hydrogen-bond donors (Lipinski definition) is 1. The summed E-state index contributed by atoms with van der Waals surface area (Å²) in [4.78, 5) is 13.9. The first-order chi connectivity index (χ1) is 8.09. The van der Waals surface area contributed by atoms with Crippen molar-refractivity contribution in [2.45, 2.75) is 12.5 Å². The van der Waals surface area contributed by atoms with Gasteiger partial charge in [-0.3, -0.25) is 4.79 Å². The summed E-state index contributed by atoms with van der Waals surface area (Å²) >= 11 is 3.22. The number of benzene rings is 1. The molecular weight excluding hydrogens is 287 g/mol. The Bertz CT molecular complexity index is 433. The summed E-state index contributed by atoms with van der Waals surface area (Å²) < 4.78 is 13.4. The number of halogens is 2. The second-order valence-electron chi connectivity index (χ2n) is 4.19. The van der Waals surface area contributed by atoms with Crippen molar-refractivity contribution in [3.63, 3.8) is 0 Å². The number of rotatable bonds is 2. The van der Waals surface area contributed by atoms with Crippen LogP contribution in [0.2, 0.25) is 0 Å². The molecule has 1 N–H and O–H groups in total. The Labute approximate surface area is 108 Å². The predicted octanol–water partition coefficient (Wildman–Crippen LogP) is 2.02. The van der Waals surface area contributed by atoms with E-state index in [1.54, 1.807) is 11.9 Å². The van der Waals surface area contributed by atoms with E-state index in [-0.39, 0.29) is 17.8 Å². The monoisotopic (exact) mass is 300 g/mol. The molecule has 1 unspecified atom stereocenters. The number of carbonyl (C=O) groups excluding carboxylic acids is 1. The smallest absolute Gasteiger partial charge is 0.255 e. The molecule has 0 aliphatic carbocycles. The van der Waals surface area contributed by atoms with E-state index in [4.69, 9.17) is 0 Å². The number of amides is 1. The van der Waals surface area contributed by atoms with Gasteiger partial charge in [0.05, 0.1) is 5.56 Å². The first kappa shape index (κ1) is 12.5. The second-order valence-corrected chi connectivity index (χ2v) is 5.04. The van der Waals surface area contributed by atoms with Crippen molar-refractivity contribution in [3.8, 4) is 0 Å². The minimum atomic E-state index is -0.349. The highest BCUT2D eigenvalue weighted by Gasteiger charge is 2.25. The van der Waals surface area contributed by atoms with Crippen molar-refractivity contribution >= 4 is 21.8 Å². The predicted molar refractivity (Wildman–Crippen MR) is 67.5 cm³/mol. The Morgan fingerprint density at radius 2 is 2.35 bits per heavy atom. The average Bonchev–Trinajstić information content (AvgIpc) is 2.80. The molecule has 2 rings (SSSR count). The van der Waals surface area contributed by atoms with Gasteiger partial charge >= 0.3 is 0 Å². The molecule has 1 heterocycles. The maximum atomic E-state index is 12.9. The van der Waals surface area contributed by atoms with Crippen LogP contribution < -0.4 is 5.32 Å². The molecule has 1 aromatic carbocycles. The first-order valence-corrected chi connectivity index (χ1v) is 6.32. The van der Waals surface area contributed by atoms with Crippen LogP contribution in [-0.4, -0.2) is 37.0 Å². The zero-order valence-electron chi connectivity index (χ0n) is 9.54. The fraction of sp³-hybridized carbons (Fsp3) is 0.417. The van der Waals surface area contributed by atoms with Crippen molar-refractivity contribution in [2.75, 3.05) is 20.1 Å². The quantitative estimate of drug-likeness (QED) is 0.906. The first-order valence-electron chi connectivity index (χ1n) is 5.52. The van der Waals surface area contributed by atoms with E-state index >= 15 is 0 Å². The second kappa shape index (κ2) is 5.14. The molecule has 3 nitrogen and oxygen atoms in total. The minimum Gasteiger partial charge on any atom is -0.337 e. The third-order valence-electron chi connectivity index (χ3n) is 3.06. The summed E-state index contributed by atoms with van der Waals surface area (Å²) in [6, 6.07) is 4.35. The molecule has 1 aliphatic heterocycles. The van der Waals surface area contributed by atoms with Gasteiger partial charge in [0.15, 0.2) is 0 Å². The summed E-state index contributed by atoms with van der Waals surface area (Å²) in [6.45, 7) is 1.76. The molecule has 0 saturated carbocycles. The number of nitrogens with one attached hydrogen (secondary N) is 1. The van der Waals surface area contributed by atoms with Gasteiger partial charge in [-0.1, -0.05) is 0 Å². The summed E-state index contributed by atoms with van der Waals surface area (Å²) in [7, 11) is 1.79. The molecule has 17 heavy (non-hydrogen) atoms. The van der Waals surface area contributed by atoms with Crippen LogP contribution in [0, 0.1) is 5.82 Å². The average molecular weight is 301 g/mol. The normalized spacial score (nSPS) is 19.4. The molecular formula is C12H14BrFN2O. The molecule has 1 amide bonds. The Kier molecular flexibility index (Phi) is 3.79. The van der Waals surface area contributed by atoms with Crippen molar-refractivity contribution in [3.05, 3.63) is 34.1 Å². The van der Waals surface area contributed by atoms with Crippen LogP contribution in [0.5, 0.6) is 0 Å². The van der Waals surface area contributed by atoms with Crippen molar-refractivity contribution in [2.24, 2.45) is 0 Å². The maximum absolute atomic E-state index is 12.9. The summed E-state index contributed by atoms with van der Waals surface area (Å²) in [5, 5.41) is 3.22. The fourth-order valence-electron chi connectivity index (χ4n) is 1.99. The number of carbonyl (C=O) groups is 1. The van der Waals surface area contributed by atoms with Gasteiger partial charge < -0.3 is 10.2 Å². The molecule has 1 atom stereocenters. The summed E-state index contributed by atoms with van der Waals surface area (Å²) in [6.07, 6.45) is 0.959. The van der Waals surface area contributed by atoms with Crippen molar-refractivity contribution < 1.29 is 9.18 Å². The van der Waals surface area contributed by atoms with Crippen LogP contribution >= 0.6 is 15.9 Å². The third-order valence-corrected chi connectivity index (χ3v) is 3.72. The lowest BCUT2D eigenvalue weighted by molar-refractivity contribution is 0.0743. The molecule has 1 fully saturated rings. The van der Waals surface area contributed by atoms with Crippen molar-refractivity contribution in [1.29, 1.82) is 0 Å². The third kappa shape index (κ3) is 2.66. The van der Waals surface area contributed by atoms with Gasteiger partial charge in [-0.05, 0) is 47.1 Å². The van der Waals surface area contributed by atoms with Crippen LogP contribution in [0.15, 0.2) is 22.7 Å². The molecule has 0 aromatic heterocycles. The minimum absolute atomic E-state index is 0.0782. The van der Waals surface area contributed by atoms with E-state index in [0.29, 0.717) is 10.0 Å². The van der Waals surface area contributed by atoms with Gasteiger partial charge in [0, 0.05) is 24.1 Å². The maximum Gasteiger partial charge on any atom is 0.255 e. The van der Waals surface area contributed by atoms with Gasteiger partial charge in [0.25, 0.3) is 5.91 Å². The van der Waals surface area contributed by atoms with E-state index in [1.807, 2.05) is 0 Å². The van der Waals surface area contributed by atoms with Crippen LogP contribution in [0.1, 0.15) is 16.8 Å². The Morgan fingerprint density at radius 1 is 1.59 bits per heavy atom. The fourth-order valence-corrected chi connectivity index (χ4v) is 2.51.